The number of nitrogens with one attached hydrogen (secondary N) is 1. The molecular weight excluding hydrogens is 392 g/mol. The van der Waals surface area contributed by atoms with Crippen molar-refractivity contribution in [2.45, 2.75) is 6.92 Å². The standard InChI is InChI=1S/C21H15BrN2O2/c1-13-5-6-15-3-2-4-17(20(15)23-13)24-21(25)19-12-11-18(26-19)14-7-9-16(22)10-8-14/h2-12H,1H3,(H,24,25). The Morgan fingerprint density at radius 2 is 1.81 bits per heavy atom. The number of aromatic nitrogens is 1. The van der Waals surface area contributed by atoms with Crippen LogP contribution in [0.3, 0.4) is 0 Å². The van der Waals surface area contributed by atoms with Crippen LogP contribution in [-0.2, 0) is 0 Å². The quantitative estimate of drug-likeness (QED) is 0.466. The lowest BCUT2D eigenvalue weighted by Gasteiger charge is -2.07. The molecule has 0 saturated heterocycles. The van der Waals surface area contributed by atoms with E-state index in [-0.39, 0.29) is 11.7 Å². The summed E-state index contributed by atoms with van der Waals surface area (Å²) in [5.41, 5.74) is 3.24. The van der Waals surface area contributed by atoms with Crippen molar-refractivity contribution in [1.29, 1.82) is 0 Å². The topological polar surface area (TPSA) is 55.1 Å². The maximum Gasteiger partial charge on any atom is 0.291 e. The molecule has 4 nitrogen and oxygen atoms in total. The third kappa shape index (κ3) is 3.26. The molecule has 0 unspecified atom stereocenters. The van der Waals surface area contributed by atoms with Crippen LogP contribution >= 0.6 is 15.9 Å². The molecule has 0 bridgehead atoms. The Labute approximate surface area is 159 Å². The Morgan fingerprint density at radius 3 is 2.62 bits per heavy atom. The molecule has 0 aliphatic rings. The van der Waals surface area contributed by atoms with E-state index in [9.17, 15) is 4.79 Å². The minimum Gasteiger partial charge on any atom is -0.451 e. The zero-order chi connectivity index (χ0) is 18.1. The molecule has 26 heavy (non-hydrogen) atoms. The number of carbonyl (C=O) groups excluding carboxylic acids is 1. The van der Waals surface area contributed by atoms with Crippen molar-refractivity contribution < 1.29 is 9.21 Å². The predicted molar refractivity (Wildman–Crippen MR) is 106 cm³/mol. The molecule has 0 aliphatic carbocycles. The van der Waals surface area contributed by atoms with E-state index < -0.39 is 0 Å². The summed E-state index contributed by atoms with van der Waals surface area (Å²) in [6, 6.07) is 20.8. The molecule has 0 aliphatic heterocycles. The Bertz CT molecular complexity index is 1100. The van der Waals surface area contributed by atoms with Crippen LogP contribution in [0.15, 0.2) is 75.6 Å². The van der Waals surface area contributed by atoms with Crippen molar-refractivity contribution >= 4 is 38.4 Å². The SMILES string of the molecule is Cc1ccc2cccc(NC(=O)c3ccc(-c4ccc(Br)cc4)o3)c2n1. The zero-order valence-corrected chi connectivity index (χ0v) is 15.6. The van der Waals surface area contributed by atoms with Crippen molar-refractivity contribution in [3.05, 3.63) is 82.7 Å². The fourth-order valence-electron chi connectivity index (χ4n) is 2.76. The van der Waals surface area contributed by atoms with Gasteiger partial charge in [0.2, 0.25) is 0 Å². The van der Waals surface area contributed by atoms with Crippen LogP contribution in [0.4, 0.5) is 5.69 Å². The fourth-order valence-corrected chi connectivity index (χ4v) is 3.02. The summed E-state index contributed by atoms with van der Waals surface area (Å²) in [5.74, 6) is 0.603. The molecule has 1 amide bonds. The second-order valence-corrected chi connectivity index (χ2v) is 6.87. The van der Waals surface area contributed by atoms with E-state index in [0.29, 0.717) is 11.4 Å². The summed E-state index contributed by atoms with van der Waals surface area (Å²) in [5, 5.41) is 3.88. The largest absolute Gasteiger partial charge is 0.451 e. The number of aryl methyl sites for hydroxylation is 1. The Hall–Kier alpha value is -2.92. The van der Waals surface area contributed by atoms with E-state index in [1.54, 1.807) is 12.1 Å². The van der Waals surface area contributed by atoms with Crippen LogP contribution in [0, 0.1) is 6.92 Å². The molecule has 0 atom stereocenters. The molecule has 128 valence electrons. The number of rotatable bonds is 3. The molecule has 4 rings (SSSR count). The van der Waals surface area contributed by atoms with Gasteiger partial charge in [0.1, 0.15) is 5.76 Å². The summed E-state index contributed by atoms with van der Waals surface area (Å²) in [6.45, 7) is 1.93. The van der Waals surface area contributed by atoms with E-state index in [1.165, 1.54) is 0 Å². The average Bonchev–Trinajstić information content (AvgIpc) is 3.13. The number of nitrogens with zero attached hydrogens (tertiary/aromatic N) is 1. The third-order valence-electron chi connectivity index (χ3n) is 4.07. The number of halogens is 1. The zero-order valence-electron chi connectivity index (χ0n) is 14.0. The highest BCUT2D eigenvalue weighted by atomic mass is 79.9. The van der Waals surface area contributed by atoms with E-state index in [2.05, 4.69) is 26.2 Å². The molecule has 4 aromatic rings. The second kappa shape index (κ2) is 6.77. The van der Waals surface area contributed by atoms with Gasteiger partial charge < -0.3 is 9.73 Å². The van der Waals surface area contributed by atoms with Crippen LogP contribution in [0.25, 0.3) is 22.2 Å². The van der Waals surface area contributed by atoms with Crippen molar-refractivity contribution in [1.82, 2.24) is 4.98 Å². The molecule has 2 aromatic heterocycles. The number of anilines is 1. The van der Waals surface area contributed by atoms with Crippen LogP contribution in [0.5, 0.6) is 0 Å². The molecule has 0 spiro atoms. The van der Waals surface area contributed by atoms with Gasteiger partial charge in [-0.2, -0.15) is 0 Å². The van der Waals surface area contributed by atoms with Crippen LogP contribution < -0.4 is 5.32 Å². The first kappa shape index (κ1) is 16.5. The number of benzene rings is 2. The first-order valence-electron chi connectivity index (χ1n) is 8.14. The average molecular weight is 407 g/mol. The van der Waals surface area contributed by atoms with E-state index in [4.69, 9.17) is 4.42 Å². The monoisotopic (exact) mass is 406 g/mol. The number of pyridine rings is 1. The molecule has 2 heterocycles. The highest BCUT2D eigenvalue weighted by Crippen LogP contribution is 2.26. The van der Waals surface area contributed by atoms with Crippen LogP contribution in [0.1, 0.15) is 16.2 Å². The summed E-state index contributed by atoms with van der Waals surface area (Å²) < 4.78 is 6.72. The second-order valence-electron chi connectivity index (χ2n) is 5.95. The number of carbonyl (C=O) groups is 1. The van der Waals surface area contributed by atoms with Gasteiger partial charge in [0, 0.05) is 21.1 Å². The maximum atomic E-state index is 12.6. The van der Waals surface area contributed by atoms with Crippen molar-refractivity contribution in [2.24, 2.45) is 0 Å². The highest BCUT2D eigenvalue weighted by molar-refractivity contribution is 9.10. The Balaban J connectivity index is 1.61. The maximum absolute atomic E-state index is 12.6. The van der Waals surface area contributed by atoms with Gasteiger partial charge in [0.15, 0.2) is 5.76 Å². The first-order chi connectivity index (χ1) is 12.6. The number of hydrogen-bond donors (Lipinski definition) is 1. The number of hydrogen-bond acceptors (Lipinski definition) is 3. The van der Waals surface area contributed by atoms with Crippen molar-refractivity contribution in [3.63, 3.8) is 0 Å². The predicted octanol–water partition coefficient (Wildman–Crippen LogP) is 5.82. The van der Waals surface area contributed by atoms with Crippen LogP contribution in [-0.4, -0.2) is 10.9 Å². The van der Waals surface area contributed by atoms with Gasteiger partial charge in [0.25, 0.3) is 5.91 Å². The molecule has 1 N–H and O–H groups in total. The van der Waals surface area contributed by atoms with E-state index in [0.717, 1.165) is 26.6 Å². The summed E-state index contributed by atoms with van der Waals surface area (Å²) in [7, 11) is 0. The minimum absolute atomic E-state index is 0.257. The third-order valence-corrected chi connectivity index (χ3v) is 4.59. The number of amides is 1. The van der Waals surface area contributed by atoms with E-state index in [1.807, 2.05) is 61.5 Å². The highest BCUT2D eigenvalue weighted by Gasteiger charge is 2.14. The molecule has 2 aromatic carbocycles. The normalized spacial score (nSPS) is 10.8. The van der Waals surface area contributed by atoms with Gasteiger partial charge in [-0.15, -0.1) is 0 Å². The molecule has 0 saturated carbocycles. The molecule has 5 heteroatoms. The Morgan fingerprint density at radius 1 is 1.00 bits per heavy atom. The molecule has 0 fully saturated rings. The summed E-state index contributed by atoms with van der Waals surface area (Å²) in [6.07, 6.45) is 0. The lowest BCUT2D eigenvalue weighted by molar-refractivity contribution is 0.0997. The van der Waals surface area contributed by atoms with Crippen molar-refractivity contribution in [3.8, 4) is 11.3 Å². The van der Waals surface area contributed by atoms with Gasteiger partial charge in [-0.05, 0) is 43.3 Å². The van der Waals surface area contributed by atoms with Crippen LogP contribution in [0.2, 0.25) is 0 Å². The smallest absolute Gasteiger partial charge is 0.291 e. The van der Waals surface area contributed by atoms with Gasteiger partial charge in [0.05, 0.1) is 11.2 Å². The van der Waals surface area contributed by atoms with Gasteiger partial charge in [-0.3, -0.25) is 9.78 Å². The lowest BCUT2D eigenvalue weighted by Crippen LogP contribution is -2.11. The Kier molecular flexibility index (Phi) is 4.31. The van der Waals surface area contributed by atoms with Gasteiger partial charge in [-0.1, -0.05) is 46.3 Å². The summed E-state index contributed by atoms with van der Waals surface area (Å²) >= 11 is 3.41. The lowest BCUT2D eigenvalue weighted by atomic mass is 10.1. The summed E-state index contributed by atoms with van der Waals surface area (Å²) in [4.78, 5) is 17.1. The van der Waals surface area contributed by atoms with E-state index >= 15 is 0 Å². The molecule has 0 radical (unpaired) electrons. The minimum atomic E-state index is -0.302. The van der Waals surface area contributed by atoms with Gasteiger partial charge in [-0.25, -0.2) is 0 Å². The van der Waals surface area contributed by atoms with Gasteiger partial charge >= 0.3 is 0 Å². The van der Waals surface area contributed by atoms with Crippen molar-refractivity contribution in [2.75, 3.05) is 5.32 Å². The number of fused-ring (bicyclic) bond motifs is 1. The molecular formula is C21H15BrN2O2. The number of para-hydroxylation sites is 1. The number of furan rings is 1. The fraction of sp³-hybridized carbons (Fsp3) is 0.0476. The first-order valence-corrected chi connectivity index (χ1v) is 8.93.